The van der Waals surface area contributed by atoms with Crippen molar-refractivity contribution in [3.8, 4) is 0 Å². The quantitative estimate of drug-likeness (QED) is 0.900. The first-order valence-corrected chi connectivity index (χ1v) is 7.79. The molecule has 2 aliphatic rings. The summed E-state index contributed by atoms with van der Waals surface area (Å²) in [5.74, 6) is 1.43. The van der Waals surface area contributed by atoms with E-state index in [4.69, 9.17) is 17.3 Å². The Morgan fingerprint density at radius 2 is 2.21 bits per heavy atom. The highest BCUT2D eigenvalue weighted by molar-refractivity contribution is 6.30. The summed E-state index contributed by atoms with van der Waals surface area (Å²) in [7, 11) is 0. The molecule has 3 unspecified atom stereocenters. The maximum atomic E-state index is 6.09. The zero-order valence-electron chi connectivity index (χ0n) is 11.6. The van der Waals surface area contributed by atoms with E-state index in [1.165, 1.54) is 36.9 Å². The summed E-state index contributed by atoms with van der Waals surface area (Å²) in [5.41, 5.74) is 8.86. The molecule has 0 spiro atoms. The van der Waals surface area contributed by atoms with Gasteiger partial charge in [-0.05, 0) is 67.4 Å². The van der Waals surface area contributed by atoms with Gasteiger partial charge in [0.15, 0.2) is 0 Å². The fourth-order valence-corrected chi connectivity index (χ4v) is 3.91. The van der Waals surface area contributed by atoms with Gasteiger partial charge in [-0.1, -0.05) is 24.6 Å². The number of fused-ring (bicyclic) bond motifs is 1. The fraction of sp³-hybridized carbons (Fsp3) is 0.625. The molecule has 0 saturated carbocycles. The number of aryl methyl sites for hydroxylation is 1. The summed E-state index contributed by atoms with van der Waals surface area (Å²) in [6.07, 6.45) is 3.68. The lowest BCUT2D eigenvalue weighted by molar-refractivity contribution is 0.0909. The molecular weight excluding hydrogens is 256 g/mol. The molecule has 3 heteroatoms. The molecule has 0 amide bonds. The molecule has 1 aromatic carbocycles. The van der Waals surface area contributed by atoms with Gasteiger partial charge in [0.2, 0.25) is 0 Å². The van der Waals surface area contributed by atoms with Gasteiger partial charge in [0.25, 0.3) is 0 Å². The predicted octanol–water partition coefficient (Wildman–Crippen LogP) is 3.24. The molecule has 104 valence electrons. The Kier molecular flexibility index (Phi) is 3.84. The Bertz CT molecular complexity index is 460. The van der Waals surface area contributed by atoms with Crippen LogP contribution in [0.1, 0.15) is 36.9 Å². The topological polar surface area (TPSA) is 29.3 Å². The summed E-state index contributed by atoms with van der Waals surface area (Å²) in [6.45, 7) is 5.53. The smallest absolute Gasteiger partial charge is 0.0408 e. The molecule has 1 aliphatic carbocycles. The molecule has 2 nitrogen and oxygen atoms in total. The second-order valence-electron chi connectivity index (χ2n) is 6.15. The number of likely N-dealkylation sites (tertiary alicyclic amines) is 1. The maximum Gasteiger partial charge on any atom is 0.0408 e. The molecule has 1 saturated heterocycles. The van der Waals surface area contributed by atoms with Crippen molar-refractivity contribution in [2.24, 2.45) is 17.6 Å². The number of nitrogens with zero attached hydrogens (tertiary/aromatic N) is 1. The van der Waals surface area contributed by atoms with Crippen LogP contribution in [-0.2, 0) is 6.42 Å². The van der Waals surface area contributed by atoms with E-state index in [0.717, 1.165) is 24.0 Å². The van der Waals surface area contributed by atoms with Crippen LogP contribution in [0, 0.1) is 11.8 Å². The van der Waals surface area contributed by atoms with E-state index < -0.39 is 0 Å². The van der Waals surface area contributed by atoms with Crippen LogP contribution in [-0.4, -0.2) is 24.5 Å². The van der Waals surface area contributed by atoms with Gasteiger partial charge in [0.05, 0.1) is 0 Å². The summed E-state index contributed by atoms with van der Waals surface area (Å²) < 4.78 is 0. The van der Waals surface area contributed by atoms with Gasteiger partial charge in [0, 0.05) is 17.6 Å². The van der Waals surface area contributed by atoms with Crippen molar-refractivity contribution in [2.45, 2.75) is 32.2 Å². The number of benzene rings is 1. The molecule has 3 atom stereocenters. The van der Waals surface area contributed by atoms with E-state index in [1.807, 2.05) is 6.07 Å². The molecule has 1 fully saturated rings. The third-order valence-corrected chi connectivity index (χ3v) is 5.28. The monoisotopic (exact) mass is 278 g/mol. The van der Waals surface area contributed by atoms with Crippen molar-refractivity contribution in [1.29, 1.82) is 0 Å². The van der Waals surface area contributed by atoms with Crippen molar-refractivity contribution in [1.82, 2.24) is 4.90 Å². The zero-order valence-corrected chi connectivity index (χ0v) is 12.4. The first-order chi connectivity index (χ1) is 9.19. The van der Waals surface area contributed by atoms with Crippen molar-refractivity contribution < 1.29 is 0 Å². The van der Waals surface area contributed by atoms with Crippen LogP contribution in [0.4, 0.5) is 0 Å². The average Bonchev–Trinajstić information content (AvgIpc) is 2.82. The van der Waals surface area contributed by atoms with Crippen molar-refractivity contribution in [3.05, 3.63) is 34.3 Å². The number of hydrogen-bond acceptors (Lipinski definition) is 2. The second-order valence-corrected chi connectivity index (χ2v) is 6.59. The van der Waals surface area contributed by atoms with Crippen LogP contribution in [0.15, 0.2) is 18.2 Å². The highest BCUT2D eigenvalue weighted by atomic mass is 35.5. The minimum atomic E-state index is 0.591. The zero-order chi connectivity index (χ0) is 13.4. The van der Waals surface area contributed by atoms with E-state index in [2.05, 4.69) is 24.0 Å². The van der Waals surface area contributed by atoms with Crippen LogP contribution >= 0.6 is 11.6 Å². The molecule has 2 N–H and O–H groups in total. The number of nitrogens with two attached hydrogens (primary N) is 1. The van der Waals surface area contributed by atoms with Gasteiger partial charge >= 0.3 is 0 Å². The van der Waals surface area contributed by atoms with Crippen molar-refractivity contribution >= 4 is 11.6 Å². The Labute approximate surface area is 120 Å². The number of hydrogen-bond donors (Lipinski definition) is 1. The molecule has 0 bridgehead atoms. The Morgan fingerprint density at radius 1 is 1.37 bits per heavy atom. The molecule has 19 heavy (non-hydrogen) atoms. The van der Waals surface area contributed by atoms with E-state index >= 15 is 0 Å². The maximum absolute atomic E-state index is 6.09. The lowest BCUT2D eigenvalue weighted by atomic mass is 9.86. The summed E-state index contributed by atoms with van der Waals surface area (Å²) in [5, 5.41) is 0.867. The minimum absolute atomic E-state index is 0.591. The van der Waals surface area contributed by atoms with E-state index in [9.17, 15) is 0 Å². The van der Waals surface area contributed by atoms with E-state index in [-0.39, 0.29) is 0 Å². The van der Waals surface area contributed by atoms with Crippen LogP contribution in [0.3, 0.4) is 0 Å². The van der Waals surface area contributed by atoms with Crippen molar-refractivity contribution in [2.75, 3.05) is 19.6 Å². The summed E-state index contributed by atoms with van der Waals surface area (Å²) >= 11 is 6.09. The highest BCUT2D eigenvalue weighted by Gasteiger charge is 2.33. The fourth-order valence-electron chi connectivity index (χ4n) is 3.71. The minimum Gasteiger partial charge on any atom is -0.330 e. The standard InChI is InChI=1S/C16H23ClN2/c1-11-6-7-19(10-13(11)9-18)16-5-2-12-8-14(17)3-4-15(12)16/h3-4,8,11,13,16H,2,5-7,9-10,18H2,1H3. The van der Waals surface area contributed by atoms with Gasteiger partial charge < -0.3 is 5.73 Å². The lowest BCUT2D eigenvalue weighted by Gasteiger charge is -2.40. The van der Waals surface area contributed by atoms with Crippen LogP contribution in [0.5, 0.6) is 0 Å². The van der Waals surface area contributed by atoms with Gasteiger partial charge in [-0.2, -0.15) is 0 Å². The predicted molar refractivity (Wildman–Crippen MR) is 80.4 cm³/mol. The average molecular weight is 279 g/mol. The molecule has 1 aliphatic heterocycles. The molecular formula is C16H23ClN2. The van der Waals surface area contributed by atoms with Gasteiger partial charge in [-0.15, -0.1) is 0 Å². The molecule has 1 heterocycles. The van der Waals surface area contributed by atoms with Gasteiger partial charge in [0.1, 0.15) is 0 Å². The third kappa shape index (κ3) is 2.54. The number of piperidine rings is 1. The highest BCUT2D eigenvalue weighted by Crippen LogP contribution is 2.39. The molecule has 1 aromatic rings. The normalized spacial score (nSPS) is 31.4. The Hall–Kier alpha value is -0.570. The van der Waals surface area contributed by atoms with Crippen molar-refractivity contribution in [3.63, 3.8) is 0 Å². The molecule has 0 aromatic heterocycles. The molecule has 0 radical (unpaired) electrons. The third-order valence-electron chi connectivity index (χ3n) is 5.04. The largest absolute Gasteiger partial charge is 0.330 e. The van der Waals surface area contributed by atoms with E-state index in [1.54, 1.807) is 0 Å². The Morgan fingerprint density at radius 3 is 3.00 bits per heavy atom. The number of rotatable bonds is 2. The second kappa shape index (κ2) is 5.43. The Balaban J connectivity index is 1.78. The van der Waals surface area contributed by atoms with Crippen LogP contribution < -0.4 is 5.73 Å². The van der Waals surface area contributed by atoms with Gasteiger partial charge in [-0.25, -0.2) is 0 Å². The lowest BCUT2D eigenvalue weighted by Crippen LogP contribution is -2.43. The molecule has 3 rings (SSSR count). The van der Waals surface area contributed by atoms with Crippen LogP contribution in [0.2, 0.25) is 5.02 Å². The first-order valence-electron chi connectivity index (χ1n) is 7.41. The van der Waals surface area contributed by atoms with Crippen LogP contribution in [0.25, 0.3) is 0 Å². The van der Waals surface area contributed by atoms with E-state index in [0.29, 0.717) is 12.0 Å². The summed E-state index contributed by atoms with van der Waals surface area (Å²) in [6, 6.07) is 6.99. The number of halogens is 1. The summed E-state index contributed by atoms with van der Waals surface area (Å²) in [4.78, 5) is 2.65. The first kappa shape index (κ1) is 13.4. The SMILES string of the molecule is CC1CCN(C2CCc3cc(Cl)ccc32)CC1CN. The van der Waals surface area contributed by atoms with Gasteiger partial charge in [-0.3, -0.25) is 4.90 Å².